The van der Waals surface area contributed by atoms with E-state index in [1.807, 2.05) is 97.1 Å². The van der Waals surface area contributed by atoms with E-state index in [1.54, 1.807) is 24.3 Å². The van der Waals surface area contributed by atoms with E-state index < -0.39 is 9.84 Å². The Morgan fingerprint density at radius 2 is 0.764 bits per heavy atom. The predicted octanol–water partition coefficient (Wildman–Crippen LogP) is 15.6. The van der Waals surface area contributed by atoms with Crippen LogP contribution in [0.5, 0.6) is 23.0 Å². The molecule has 0 amide bonds. The summed E-state index contributed by atoms with van der Waals surface area (Å²) in [5, 5.41) is 16.1. The van der Waals surface area contributed by atoms with E-state index in [2.05, 4.69) is 153 Å². The highest BCUT2D eigenvalue weighted by Gasteiger charge is 2.41. The first-order chi connectivity index (χ1) is 43.9. The Bertz CT molecular complexity index is 5710. The molecule has 0 saturated heterocycles. The first-order valence-corrected chi connectivity index (χ1v) is 30.8. The minimum Gasteiger partial charge on any atom is -0.458 e. The minimum atomic E-state index is -4.09. The van der Waals surface area contributed by atoms with Crippen molar-refractivity contribution in [2.24, 2.45) is 0 Å². The van der Waals surface area contributed by atoms with E-state index in [1.165, 1.54) is 12.1 Å². The second-order valence-electron chi connectivity index (χ2n) is 22.5. The van der Waals surface area contributed by atoms with Gasteiger partial charge in [0.2, 0.25) is 9.84 Å². The summed E-state index contributed by atoms with van der Waals surface area (Å²) in [7, 11) is -4.09. The highest BCUT2D eigenvalue weighted by atomic mass is 32.2. The predicted molar refractivity (Wildman–Crippen MR) is 353 cm³/mol. The molecule has 416 valence electrons. The molecule has 0 unspecified atom stereocenters. The molecule has 4 aromatic heterocycles. The van der Waals surface area contributed by atoms with Crippen LogP contribution >= 0.6 is 0 Å². The number of ether oxygens (including phenoxy) is 2. The van der Waals surface area contributed by atoms with E-state index >= 15 is 0 Å². The molecule has 89 heavy (non-hydrogen) atoms. The van der Waals surface area contributed by atoms with Gasteiger partial charge in [0.15, 0.2) is 17.5 Å². The van der Waals surface area contributed by atoms with Crippen molar-refractivity contribution in [3.05, 3.63) is 272 Å². The molecule has 2 aliphatic rings. The molecule has 13 heteroatoms. The molecule has 6 heterocycles. The van der Waals surface area contributed by atoms with E-state index in [9.17, 15) is 13.7 Å². The van der Waals surface area contributed by atoms with Crippen molar-refractivity contribution in [2.45, 2.75) is 9.79 Å². The molecular formula is C76H44BN7O4S. The lowest BCUT2D eigenvalue weighted by Gasteiger charge is -2.33. The van der Waals surface area contributed by atoms with E-state index in [0.717, 1.165) is 127 Å². The summed E-state index contributed by atoms with van der Waals surface area (Å²) >= 11 is 0. The summed E-state index contributed by atoms with van der Waals surface area (Å²) in [5.41, 5.74) is 14.1. The summed E-state index contributed by atoms with van der Waals surface area (Å²) < 4.78 is 49.9. The second kappa shape index (κ2) is 19.3. The van der Waals surface area contributed by atoms with E-state index in [-0.39, 0.29) is 22.1 Å². The third-order valence-corrected chi connectivity index (χ3v) is 19.5. The monoisotopic (exact) mass is 1160 g/mol. The molecule has 0 bridgehead atoms. The summed E-state index contributed by atoms with van der Waals surface area (Å²) in [5.74, 6) is 4.73. The summed E-state index contributed by atoms with van der Waals surface area (Å²) in [6.07, 6.45) is 0. The van der Waals surface area contributed by atoms with Crippen LogP contribution in [0.2, 0.25) is 0 Å². The van der Waals surface area contributed by atoms with Crippen molar-refractivity contribution < 1.29 is 17.9 Å². The maximum absolute atomic E-state index is 14.4. The van der Waals surface area contributed by atoms with Crippen molar-refractivity contribution >= 4 is 98.4 Å². The zero-order valence-electron chi connectivity index (χ0n) is 47.2. The van der Waals surface area contributed by atoms with Gasteiger partial charge in [-0.2, -0.15) is 5.26 Å². The van der Waals surface area contributed by atoms with Crippen LogP contribution in [-0.4, -0.2) is 43.8 Å². The topological polar surface area (TPSA) is 130 Å². The van der Waals surface area contributed by atoms with Crippen LogP contribution in [0.15, 0.2) is 277 Å². The first kappa shape index (κ1) is 50.5. The SMILES string of the molecule is N#Cc1ccccc1S(=O)(=O)c1ccc(-n2c3ccccc3c3c2c2c4ccccc4n(-c4ccc(-c5nc(-c6ccccc6)nc(-c6ccccc6)n5)cc4)c2c2c4ccccc4n(-c4cc5c6c(c4)Oc4ccccc4B6c4ccccc4O5)c23)cc1. The lowest BCUT2D eigenvalue weighted by Crippen LogP contribution is -2.57. The van der Waals surface area contributed by atoms with Gasteiger partial charge in [-0.15, -0.1) is 0 Å². The lowest BCUT2D eigenvalue weighted by atomic mass is 9.35. The molecule has 12 aromatic carbocycles. The van der Waals surface area contributed by atoms with Crippen LogP contribution in [0.3, 0.4) is 0 Å². The molecule has 0 fully saturated rings. The molecule has 18 rings (SSSR count). The van der Waals surface area contributed by atoms with Gasteiger partial charge < -0.3 is 23.2 Å². The number of hydrogen-bond acceptors (Lipinski definition) is 8. The number of nitriles is 1. The van der Waals surface area contributed by atoms with Gasteiger partial charge in [-0.3, -0.25) is 0 Å². The number of aromatic nitrogens is 6. The van der Waals surface area contributed by atoms with Gasteiger partial charge in [-0.25, -0.2) is 23.4 Å². The zero-order chi connectivity index (χ0) is 59.1. The Balaban J connectivity index is 0.941. The Hall–Kier alpha value is -11.8. The molecule has 2 aliphatic heterocycles. The van der Waals surface area contributed by atoms with E-state index in [0.29, 0.717) is 29.0 Å². The van der Waals surface area contributed by atoms with Gasteiger partial charge in [-0.05, 0) is 102 Å². The summed E-state index contributed by atoms with van der Waals surface area (Å²) in [6.45, 7) is -0.113. The lowest BCUT2D eigenvalue weighted by molar-refractivity contribution is 0.464. The van der Waals surface area contributed by atoms with Crippen LogP contribution in [0.4, 0.5) is 0 Å². The van der Waals surface area contributed by atoms with Gasteiger partial charge in [0.05, 0.1) is 54.1 Å². The maximum Gasteiger partial charge on any atom is 0.260 e. The van der Waals surface area contributed by atoms with E-state index in [4.69, 9.17) is 24.4 Å². The zero-order valence-corrected chi connectivity index (χ0v) is 48.0. The molecule has 0 spiro atoms. The second-order valence-corrected chi connectivity index (χ2v) is 24.4. The smallest absolute Gasteiger partial charge is 0.260 e. The van der Waals surface area contributed by atoms with Crippen LogP contribution in [0.25, 0.3) is 117 Å². The highest BCUT2D eigenvalue weighted by Crippen LogP contribution is 2.51. The minimum absolute atomic E-state index is 0.0388. The third-order valence-electron chi connectivity index (χ3n) is 17.7. The van der Waals surface area contributed by atoms with Crippen LogP contribution in [0.1, 0.15) is 5.56 Å². The Morgan fingerprint density at radius 1 is 0.382 bits per heavy atom. The quantitative estimate of drug-likeness (QED) is 0.138. The fraction of sp³-hybridized carbons (Fsp3) is 0. The number of fused-ring (bicyclic) bond motifs is 16. The Morgan fingerprint density at radius 3 is 1.24 bits per heavy atom. The van der Waals surface area contributed by atoms with Crippen molar-refractivity contribution in [3.63, 3.8) is 0 Å². The molecule has 16 aromatic rings. The van der Waals surface area contributed by atoms with Gasteiger partial charge >= 0.3 is 0 Å². The average molecular weight is 1160 g/mol. The van der Waals surface area contributed by atoms with Crippen LogP contribution < -0.4 is 25.9 Å². The largest absolute Gasteiger partial charge is 0.458 e. The first-order valence-electron chi connectivity index (χ1n) is 29.3. The molecule has 0 aliphatic carbocycles. The number of benzene rings is 12. The molecule has 0 saturated carbocycles. The van der Waals surface area contributed by atoms with Crippen LogP contribution in [-0.2, 0) is 9.84 Å². The normalized spacial score (nSPS) is 12.5. The molecule has 11 nitrogen and oxygen atoms in total. The molecule has 0 N–H and O–H groups in total. The van der Waals surface area contributed by atoms with Crippen molar-refractivity contribution in [1.82, 2.24) is 28.7 Å². The Labute approximate surface area is 509 Å². The number of hydrogen-bond donors (Lipinski definition) is 0. The van der Waals surface area contributed by atoms with Gasteiger partial charge in [0, 0.05) is 78.0 Å². The Kier molecular flexibility index (Phi) is 11.0. The molecule has 0 atom stereocenters. The summed E-state index contributed by atoms with van der Waals surface area (Å²) in [4.78, 5) is 15.2. The van der Waals surface area contributed by atoms with Crippen LogP contribution in [0, 0.1) is 11.3 Å². The maximum atomic E-state index is 14.4. The number of rotatable bonds is 8. The van der Waals surface area contributed by atoms with Gasteiger partial charge in [0.25, 0.3) is 6.71 Å². The van der Waals surface area contributed by atoms with Crippen molar-refractivity contribution in [1.29, 1.82) is 5.26 Å². The number of sulfone groups is 1. The van der Waals surface area contributed by atoms with Gasteiger partial charge in [0.1, 0.15) is 29.1 Å². The number of para-hydroxylation sites is 5. The molecular weight excluding hydrogens is 1120 g/mol. The standard InChI is InChI=1S/C76H44BN7O4S/c78-45-49-23-7-18-34-66(49)89(85,86)53-41-39-51(40-42-53)83-60-30-14-9-25-55(60)68-72(83)67-54-24-8-13-29-59(54)82(50-37-35-48(36-38-50)76-80-74(46-19-3-1-4-20-46)79-75(81-76)47-21-5-2-6-22-47)71(67)69-56-26-10-15-31-61(56)84(73(68)69)52-43-64-70-65(44-52)88-63-33-17-12-28-58(63)77(70)57-27-11-16-32-62(57)87-64/h1-44H. The van der Waals surface area contributed by atoms with Crippen molar-refractivity contribution in [3.8, 4) is 80.3 Å². The van der Waals surface area contributed by atoms with Crippen molar-refractivity contribution in [2.75, 3.05) is 0 Å². The van der Waals surface area contributed by atoms with Gasteiger partial charge in [-0.1, -0.05) is 164 Å². The number of nitrogens with zero attached hydrogens (tertiary/aromatic N) is 7. The molecule has 0 radical (unpaired) electrons. The summed E-state index contributed by atoms with van der Waals surface area (Å²) in [6, 6.07) is 90.5. The average Bonchev–Trinajstić information content (AvgIpc) is 1.50. The fourth-order valence-corrected chi connectivity index (χ4v) is 15.3. The highest BCUT2D eigenvalue weighted by molar-refractivity contribution is 7.91. The fourth-order valence-electron chi connectivity index (χ4n) is 13.9. The third kappa shape index (κ3) is 7.51.